The van der Waals surface area contributed by atoms with Gasteiger partial charge in [-0.25, -0.2) is 0 Å². The molecule has 1 aromatic rings. The monoisotopic (exact) mass is 290 g/mol. The second kappa shape index (κ2) is 4.72. The van der Waals surface area contributed by atoms with Gasteiger partial charge in [0.25, 0.3) is 0 Å². The van der Waals surface area contributed by atoms with E-state index in [-0.39, 0.29) is 12.5 Å². The van der Waals surface area contributed by atoms with Crippen LogP contribution in [0.2, 0.25) is 0 Å². The number of carbonyl (C=O) groups is 1. The van der Waals surface area contributed by atoms with E-state index in [1.807, 2.05) is 25.1 Å². The zero-order valence-electron chi connectivity index (χ0n) is 7.33. The maximum absolute atomic E-state index is 10.6. The Morgan fingerprint density at radius 3 is 2.85 bits per heavy atom. The average Bonchev–Trinajstić information content (AvgIpc) is 2.17. The molecule has 0 bridgehead atoms. The second-order valence-corrected chi connectivity index (χ2v) is 3.98. The van der Waals surface area contributed by atoms with Crippen LogP contribution in [0.4, 0.5) is 0 Å². The predicted molar refractivity (Wildman–Crippen MR) is 59.6 cm³/mol. The summed E-state index contributed by atoms with van der Waals surface area (Å²) >= 11 is 2.16. The molecule has 0 aliphatic rings. The molecule has 70 valence electrons. The van der Waals surface area contributed by atoms with Crippen LogP contribution in [0.25, 0.3) is 0 Å². The molecule has 0 heterocycles. The van der Waals surface area contributed by atoms with Gasteiger partial charge in [-0.05, 0) is 33.7 Å². The van der Waals surface area contributed by atoms with Crippen molar-refractivity contribution in [3.8, 4) is 0 Å². The van der Waals surface area contributed by atoms with Crippen LogP contribution in [0.1, 0.15) is 24.0 Å². The topological polar surface area (TPSA) is 37.3 Å². The lowest BCUT2D eigenvalue weighted by molar-refractivity contribution is -0.108. The van der Waals surface area contributed by atoms with Crippen LogP contribution in [0.5, 0.6) is 0 Å². The maximum Gasteiger partial charge on any atom is 0.127 e. The van der Waals surface area contributed by atoms with Crippen LogP contribution in [-0.2, 0) is 11.4 Å². The molecule has 0 radical (unpaired) electrons. The van der Waals surface area contributed by atoms with E-state index in [2.05, 4.69) is 22.6 Å². The van der Waals surface area contributed by atoms with Crippen molar-refractivity contribution in [1.29, 1.82) is 0 Å². The van der Waals surface area contributed by atoms with Gasteiger partial charge in [-0.15, -0.1) is 0 Å². The van der Waals surface area contributed by atoms with E-state index in [1.54, 1.807) is 0 Å². The zero-order valence-corrected chi connectivity index (χ0v) is 9.48. The molecule has 0 aliphatic carbocycles. The van der Waals surface area contributed by atoms with Crippen LogP contribution in [-0.4, -0.2) is 11.4 Å². The number of aldehydes is 1. The highest BCUT2D eigenvalue weighted by atomic mass is 127. The Labute approximate surface area is 91.1 Å². The minimum Gasteiger partial charge on any atom is -0.392 e. The molecule has 3 heteroatoms. The Hall–Kier alpha value is -0.420. The highest BCUT2D eigenvalue weighted by Gasteiger charge is 2.10. The summed E-state index contributed by atoms with van der Waals surface area (Å²) in [5.74, 6) is -0.0987. The van der Waals surface area contributed by atoms with Crippen molar-refractivity contribution in [3.63, 3.8) is 0 Å². The summed E-state index contributed by atoms with van der Waals surface area (Å²) in [6.07, 6.45) is 0.915. The maximum atomic E-state index is 10.6. The summed E-state index contributed by atoms with van der Waals surface area (Å²) in [6.45, 7) is 1.88. The van der Waals surface area contributed by atoms with E-state index in [0.717, 1.165) is 21.0 Å². The molecule has 13 heavy (non-hydrogen) atoms. The van der Waals surface area contributed by atoms with Gasteiger partial charge < -0.3 is 9.90 Å². The van der Waals surface area contributed by atoms with Crippen molar-refractivity contribution < 1.29 is 9.90 Å². The molecule has 0 saturated carbocycles. The molecule has 1 N–H and O–H groups in total. The van der Waals surface area contributed by atoms with Crippen LogP contribution < -0.4 is 0 Å². The van der Waals surface area contributed by atoms with E-state index < -0.39 is 0 Å². The molecular weight excluding hydrogens is 279 g/mol. The van der Waals surface area contributed by atoms with E-state index in [4.69, 9.17) is 5.11 Å². The van der Waals surface area contributed by atoms with Crippen LogP contribution >= 0.6 is 22.6 Å². The lowest BCUT2D eigenvalue weighted by Crippen LogP contribution is -2.00. The number of aliphatic hydroxyl groups excluding tert-OH is 1. The predicted octanol–water partition coefficient (Wildman–Crippen LogP) is 2.09. The number of hydrogen-bond donors (Lipinski definition) is 1. The Bertz CT molecular complexity index is 310. The fourth-order valence-electron chi connectivity index (χ4n) is 1.15. The summed E-state index contributed by atoms with van der Waals surface area (Å²) < 4.78 is 0.988. The van der Waals surface area contributed by atoms with E-state index in [0.29, 0.717) is 0 Å². The molecule has 0 amide bonds. The standard InChI is InChI=1S/C10H11IO2/c1-7(5-12)9-4-2-3-8(6-13)10(9)11/h2-5,7,13H,6H2,1H3. The summed E-state index contributed by atoms with van der Waals surface area (Å²) in [5.41, 5.74) is 1.87. The Balaban J connectivity index is 3.14. The quantitative estimate of drug-likeness (QED) is 0.683. The summed E-state index contributed by atoms with van der Waals surface area (Å²) in [5, 5.41) is 9.00. The van der Waals surface area contributed by atoms with Crippen LogP contribution in [0.15, 0.2) is 18.2 Å². The van der Waals surface area contributed by atoms with Gasteiger partial charge in [-0.2, -0.15) is 0 Å². The number of carbonyl (C=O) groups excluding carboxylic acids is 1. The fraction of sp³-hybridized carbons (Fsp3) is 0.300. The van der Waals surface area contributed by atoms with Crippen molar-refractivity contribution in [1.82, 2.24) is 0 Å². The smallest absolute Gasteiger partial charge is 0.127 e. The number of rotatable bonds is 3. The van der Waals surface area contributed by atoms with Crippen molar-refractivity contribution in [2.24, 2.45) is 0 Å². The highest BCUT2D eigenvalue weighted by molar-refractivity contribution is 14.1. The Morgan fingerprint density at radius 2 is 2.31 bits per heavy atom. The normalized spacial score (nSPS) is 12.5. The van der Waals surface area contributed by atoms with Gasteiger partial charge in [0.15, 0.2) is 0 Å². The highest BCUT2D eigenvalue weighted by Crippen LogP contribution is 2.23. The van der Waals surface area contributed by atoms with Crippen molar-refractivity contribution in [2.45, 2.75) is 19.4 Å². The van der Waals surface area contributed by atoms with E-state index in [9.17, 15) is 4.79 Å². The van der Waals surface area contributed by atoms with Crippen LogP contribution in [0, 0.1) is 3.57 Å². The Morgan fingerprint density at radius 1 is 1.62 bits per heavy atom. The van der Waals surface area contributed by atoms with Gasteiger partial charge in [0.1, 0.15) is 6.29 Å². The largest absolute Gasteiger partial charge is 0.392 e. The lowest BCUT2D eigenvalue weighted by Gasteiger charge is -2.09. The first kappa shape index (κ1) is 10.7. The van der Waals surface area contributed by atoms with Gasteiger partial charge in [0.05, 0.1) is 6.61 Å². The second-order valence-electron chi connectivity index (χ2n) is 2.90. The fourth-order valence-corrected chi connectivity index (χ4v) is 2.17. The summed E-state index contributed by atoms with van der Waals surface area (Å²) in [4.78, 5) is 10.6. The molecule has 0 aromatic heterocycles. The van der Waals surface area contributed by atoms with Gasteiger partial charge in [-0.1, -0.05) is 25.1 Å². The summed E-state index contributed by atoms with van der Waals surface area (Å²) in [7, 11) is 0. The number of benzene rings is 1. The lowest BCUT2D eigenvalue weighted by atomic mass is 10.0. The first-order chi connectivity index (χ1) is 6.20. The van der Waals surface area contributed by atoms with E-state index in [1.165, 1.54) is 0 Å². The molecule has 1 rings (SSSR count). The average molecular weight is 290 g/mol. The molecule has 0 spiro atoms. The minimum atomic E-state index is -0.0987. The zero-order chi connectivity index (χ0) is 9.84. The number of aliphatic hydroxyl groups is 1. The van der Waals surface area contributed by atoms with Gasteiger partial charge in [0, 0.05) is 9.49 Å². The molecule has 0 saturated heterocycles. The van der Waals surface area contributed by atoms with Crippen LogP contribution in [0.3, 0.4) is 0 Å². The molecule has 1 atom stereocenters. The van der Waals surface area contributed by atoms with Gasteiger partial charge in [0.2, 0.25) is 0 Å². The molecule has 2 nitrogen and oxygen atoms in total. The third-order valence-corrected chi connectivity index (χ3v) is 3.29. The number of halogens is 1. The van der Waals surface area contributed by atoms with Crippen molar-refractivity contribution in [3.05, 3.63) is 32.9 Å². The molecular formula is C10H11IO2. The SMILES string of the molecule is CC(C=O)c1cccc(CO)c1I. The first-order valence-electron chi connectivity index (χ1n) is 4.04. The van der Waals surface area contributed by atoms with Crippen molar-refractivity contribution in [2.75, 3.05) is 0 Å². The van der Waals surface area contributed by atoms with Crippen molar-refractivity contribution >= 4 is 28.9 Å². The molecule has 0 fully saturated rings. The molecule has 1 aromatic carbocycles. The minimum absolute atomic E-state index is 0.0255. The third kappa shape index (κ3) is 2.28. The number of hydrogen-bond acceptors (Lipinski definition) is 2. The first-order valence-corrected chi connectivity index (χ1v) is 5.12. The van der Waals surface area contributed by atoms with E-state index >= 15 is 0 Å². The summed E-state index contributed by atoms with van der Waals surface area (Å²) in [6, 6.07) is 5.64. The van der Waals surface area contributed by atoms with Gasteiger partial charge >= 0.3 is 0 Å². The van der Waals surface area contributed by atoms with Gasteiger partial charge in [-0.3, -0.25) is 0 Å². The molecule has 1 unspecified atom stereocenters. The molecule has 0 aliphatic heterocycles. The Kier molecular flexibility index (Phi) is 3.87. The third-order valence-electron chi connectivity index (χ3n) is 1.97.